The molecule has 1 aliphatic carbocycles. The minimum Gasteiger partial charge on any atom is -0.312 e. The van der Waals surface area contributed by atoms with Crippen LogP contribution in [0.1, 0.15) is 43.7 Å². The van der Waals surface area contributed by atoms with Crippen LogP contribution in [0.25, 0.3) is 0 Å². The van der Waals surface area contributed by atoms with Crippen LogP contribution in [-0.4, -0.2) is 18.9 Å². The number of aryl methyl sites for hydroxylation is 1. The van der Waals surface area contributed by atoms with Gasteiger partial charge in [-0.3, -0.25) is 0 Å². The van der Waals surface area contributed by atoms with Crippen LogP contribution in [0.5, 0.6) is 0 Å². The Balaban J connectivity index is 1.57. The standard InChI is InChI=1S/C20H28N2O2S/c1-16-3-7-18(8-4-16)13-21-14-19-11-12-22(15-19)25(23,24)20-9-5-17(2)6-10-20/h5-6,9-12,15-16,18,21H,3-4,7-8,13-14H2,1-2H3. The Morgan fingerprint density at radius 3 is 2.44 bits per heavy atom. The number of hydrogen-bond acceptors (Lipinski definition) is 3. The zero-order valence-electron chi connectivity index (χ0n) is 15.1. The third-order valence-electron chi connectivity index (χ3n) is 5.22. The predicted molar refractivity (Wildman–Crippen MR) is 101 cm³/mol. The molecule has 4 nitrogen and oxygen atoms in total. The van der Waals surface area contributed by atoms with Gasteiger partial charge in [0.15, 0.2) is 0 Å². The number of nitrogens with one attached hydrogen (secondary N) is 1. The number of rotatable bonds is 6. The number of nitrogens with zero attached hydrogens (tertiary/aromatic N) is 1. The first-order chi connectivity index (χ1) is 11.9. The van der Waals surface area contributed by atoms with Crippen molar-refractivity contribution in [2.75, 3.05) is 6.54 Å². The van der Waals surface area contributed by atoms with Gasteiger partial charge in [-0.2, -0.15) is 0 Å². The smallest absolute Gasteiger partial charge is 0.267 e. The van der Waals surface area contributed by atoms with Gasteiger partial charge in [-0.05, 0) is 61.9 Å². The first kappa shape index (κ1) is 18.2. The average Bonchev–Trinajstić information content (AvgIpc) is 3.07. The summed E-state index contributed by atoms with van der Waals surface area (Å²) in [5, 5.41) is 3.49. The summed E-state index contributed by atoms with van der Waals surface area (Å²) < 4.78 is 26.6. The highest BCUT2D eigenvalue weighted by Crippen LogP contribution is 2.27. The van der Waals surface area contributed by atoms with Gasteiger partial charge >= 0.3 is 0 Å². The van der Waals surface area contributed by atoms with Gasteiger partial charge in [0.25, 0.3) is 10.0 Å². The Bertz CT molecular complexity index is 785. The zero-order valence-corrected chi connectivity index (χ0v) is 15.9. The summed E-state index contributed by atoms with van der Waals surface area (Å²) in [7, 11) is -3.50. The molecule has 25 heavy (non-hydrogen) atoms. The number of aromatic nitrogens is 1. The van der Waals surface area contributed by atoms with E-state index in [1.165, 1.54) is 29.7 Å². The maximum atomic E-state index is 12.7. The van der Waals surface area contributed by atoms with Gasteiger partial charge in [0.05, 0.1) is 4.90 Å². The van der Waals surface area contributed by atoms with Gasteiger partial charge in [0.1, 0.15) is 0 Å². The molecule has 136 valence electrons. The molecule has 0 unspecified atom stereocenters. The predicted octanol–water partition coefficient (Wildman–Crippen LogP) is 3.95. The lowest BCUT2D eigenvalue weighted by atomic mass is 9.83. The van der Waals surface area contributed by atoms with Crippen molar-refractivity contribution in [3.05, 3.63) is 53.9 Å². The summed E-state index contributed by atoms with van der Waals surface area (Å²) in [6.07, 6.45) is 8.61. The van der Waals surface area contributed by atoms with Crippen LogP contribution in [0.4, 0.5) is 0 Å². The average molecular weight is 361 g/mol. The van der Waals surface area contributed by atoms with Crippen molar-refractivity contribution in [2.45, 2.75) is 51.0 Å². The molecule has 5 heteroatoms. The van der Waals surface area contributed by atoms with E-state index in [0.29, 0.717) is 11.4 Å². The molecular weight excluding hydrogens is 332 g/mol. The highest BCUT2D eigenvalue weighted by Gasteiger charge is 2.18. The third kappa shape index (κ3) is 4.53. The van der Waals surface area contributed by atoms with E-state index in [1.807, 2.05) is 25.1 Å². The summed E-state index contributed by atoms with van der Waals surface area (Å²) in [5.74, 6) is 1.63. The van der Waals surface area contributed by atoms with Crippen LogP contribution in [0.3, 0.4) is 0 Å². The molecule has 1 aliphatic rings. The lowest BCUT2D eigenvalue weighted by Gasteiger charge is -2.26. The largest absolute Gasteiger partial charge is 0.312 e. The van der Waals surface area contributed by atoms with Crippen LogP contribution < -0.4 is 5.32 Å². The molecule has 1 saturated carbocycles. The molecular formula is C20H28N2O2S. The van der Waals surface area contributed by atoms with Crippen LogP contribution >= 0.6 is 0 Å². The third-order valence-corrected chi connectivity index (χ3v) is 6.87. The van der Waals surface area contributed by atoms with E-state index >= 15 is 0 Å². The molecule has 0 spiro atoms. The second-order valence-corrected chi connectivity index (χ2v) is 9.27. The van der Waals surface area contributed by atoms with Crippen LogP contribution in [0, 0.1) is 18.8 Å². The zero-order chi connectivity index (χ0) is 17.9. The quantitative estimate of drug-likeness (QED) is 0.849. The summed E-state index contributed by atoms with van der Waals surface area (Å²) in [6.45, 7) is 6.01. The summed E-state index contributed by atoms with van der Waals surface area (Å²) >= 11 is 0. The van der Waals surface area contributed by atoms with Crippen molar-refractivity contribution >= 4 is 10.0 Å². The summed E-state index contributed by atoms with van der Waals surface area (Å²) in [4.78, 5) is 0.324. The lowest BCUT2D eigenvalue weighted by Crippen LogP contribution is -2.25. The van der Waals surface area contributed by atoms with E-state index in [0.717, 1.165) is 29.5 Å². The molecule has 1 aromatic heterocycles. The topological polar surface area (TPSA) is 51.1 Å². The van der Waals surface area contributed by atoms with E-state index in [2.05, 4.69) is 12.2 Å². The molecule has 0 radical (unpaired) electrons. The Morgan fingerprint density at radius 2 is 1.76 bits per heavy atom. The molecule has 0 saturated heterocycles. The van der Waals surface area contributed by atoms with E-state index in [9.17, 15) is 8.42 Å². The molecule has 0 amide bonds. The van der Waals surface area contributed by atoms with E-state index in [-0.39, 0.29) is 0 Å². The molecule has 1 N–H and O–H groups in total. The molecule has 1 fully saturated rings. The van der Waals surface area contributed by atoms with Crippen molar-refractivity contribution in [3.8, 4) is 0 Å². The molecule has 1 aromatic carbocycles. The minimum atomic E-state index is -3.50. The Hall–Kier alpha value is -1.59. The second kappa shape index (κ2) is 7.75. The second-order valence-electron chi connectivity index (χ2n) is 7.42. The monoisotopic (exact) mass is 360 g/mol. The first-order valence-electron chi connectivity index (χ1n) is 9.15. The van der Waals surface area contributed by atoms with Gasteiger partial charge in [0, 0.05) is 18.9 Å². The molecule has 3 rings (SSSR count). The highest BCUT2D eigenvalue weighted by molar-refractivity contribution is 7.90. The van der Waals surface area contributed by atoms with E-state index < -0.39 is 10.0 Å². The Kier molecular flexibility index (Phi) is 5.64. The fourth-order valence-corrected chi connectivity index (χ4v) is 4.68. The molecule has 0 aliphatic heterocycles. The van der Waals surface area contributed by atoms with Crippen LogP contribution in [-0.2, 0) is 16.6 Å². The fourth-order valence-electron chi connectivity index (χ4n) is 3.46. The van der Waals surface area contributed by atoms with Crippen molar-refractivity contribution < 1.29 is 8.42 Å². The van der Waals surface area contributed by atoms with Crippen molar-refractivity contribution in [2.24, 2.45) is 11.8 Å². The minimum absolute atomic E-state index is 0.324. The molecule has 2 aromatic rings. The van der Waals surface area contributed by atoms with Crippen LogP contribution in [0.2, 0.25) is 0 Å². The first-order valence-corrected chi connectivity index (χ1v) is 10.6. The lowest BCUT2D eigenvalue weighted by molar-refractivity contribution is 0.281. The van der Waals surface area contributed by atoms with Crippen molar-refractivity contribution in [1.29, 1.82) is 0 Å². The van der Waals surface area contributed by atoms with Crippen molar-refractivity contribution in [3.63, 3.8) is 0 Å². The Morgan fingerprint density at radius 1 is 1.08 bits per heavy atom. The number of benzene rings is 1. The van der Waals surface area contributed by atoms with Gasteiger partial charge in [-0.25, -0.2) is 12.4 Å². The SMILES string of the molecule is Cc1ccc(S(=O)(=O)n2ccc(CNCC3CCC(C)CC3)c2)cc1. The maximum Gasteiger partial charge on any atom is 0.267 e. The van der Waals surface area contributed by atoms with Gasteiger partial charge in [-0.15, -0.1) is 0 Å². The molecule has 0 atom stereocenters. The van der Waals surface area contributed by atoms with Gasteiger partial charge < -0.3 is 5.32 Å². The fraction of sp³-hybridized carbons (Fsp3) is 0.500. The van der Waals surface area contributed by atoms with Crippen LogP contribution in [0.15, 0.2) is 47.6 Å². The summed E-state index contributed by atoms with van der Waals surface area (Å²) in [5.41, 5.74) is 2.05. The van der Waals surface area contributed by atoms with Crippen molar-refractivity contribution in [1.82, 2.24) is 9.29 Å². The molecule has 1 heterocycles. The van der Waals surface area contributed by atoms with Gasteiger partial charge in [-0.1, -0.05) is 37.5 Å². The summed E-state index contributed by atoms with van der Waals surface area (Å²) in [6, 6.07) is 8.84. The molecule has 0 bridgehead atoms. The van der Waals surface area contributed by atoms with E-state index in [1.54, 1.807) is 24.5 Å². The normalized spacial score (nSPS) is 21.4. The number of hydrogen-bond donors (Lipinski definition) is 1. The highest BCUT2D eigenvalue weighted by atomic mass is 32.2. The maximum absolute atomic E-state index is 12.7. The Labute approximate surface area is 151 Å². The van der Waals surface area contributed by atoms with E-state index in [4.69, 9.17) is 0 Å². The van der Waals surface area contributed by atoms with Gasteiger partial charge in [0.2, 0.25) is 0 Å².